The number of hydrogen-bond acceptors (Lipinski definition) is 4. The van der Waals surface area contributed by atoms with Gasteiger partial charge in [0.1, 0.15) is 0 Å². The molecule has 0 bridgehead atoms. The Kier molecular flexibility index (Phi) is 5.39. The Bertz CT molecular complexity index is 848. The highest BCUT2D eigenvalue weighted by Gasteiger charge is 2.20. The molecule has 7 heteroatoms. The number of halogens is 1. The number of methoxy groups -OCH3 is 1. The zero-order valence-electron chi connectivity index (χ0n) is 13.9. The molecule has 0 aliphatic heterocycles. The third-order valence-electron chi connectivity index (χ3n) is 4.12. The van der Waals surface area contributed by atoms with Crippen LogP contribution >= 0.6 is 11.6 Å². The summed E-state index contributed by atoms with van der Waals surface area (Å²) in [5.74, 6) is 1.12. The number of ether oxygens (including phenoxy) is 2. The van der Waals surface area contributed by atoms with Gasteiger partial charge >= 0.3 is 0 Å². The molecule has 1 saturated carbocycles. The standard InChI is InChI=1S/C18H20ClNO4S/c1-23-17-10-9-14(12-18(17)24-15-6-2-3-7-15)20-25(21,22)16-8-4-5-13(19)11-16/h4-5,8-12,15,20H,2-3,6-7H2,1H3. The molecule has 0 spiro atoms. The van der Waals surface area contributed by atoms with Crippen LogP contribution < -0.4 is 14.2 Å². The smallest absolute Gasteiger partial charge is 0.261 e. The average molecular weight is 382 g/mol. The van der Waals surface area contributed by atoms with Gasteiger partial charge in [0.05, 0.1) is 23.8 Å². The lowest BCUT2D eigenvalue weighted by atomic mass is 10.2. The van der Waals surface area contributed by atoms with Crippen molar-refractivity contribution in [1.29, 1.82) is 0 Å². The Balaban J connectivity index is 1.84. The first-order valence-electron chi connectivity index (χ1n) is 8.11. The second-order valence-corrected chi connectivity index (χ2v) is 8.07. The Labute approximate surface area is 153 Å². The van der Waals surface area contributed by atoms with E-state index in [0.29, 0.717) is 22.2 Å². The summed E-state index contributed by atoms with van der Waals surface area (Å²) in [5.41, 5.74) is 0.411. The van der Waals surface area contributed by atoms with E-state index in [4.69, 9.17) is 21.1 Å². The molecule has 2 aromatic rings. The van der Waals surface area contributed by atoms with Crippen LogP contribution in [0.5, 0.6) is 11.5 Å². The molecule has 0 radical (unpaired) electrons. The fourth-order valence-electron chi connectivity index (χ4n) is 2.87. The lowest BCUT2D eigenvalue weighted by molar-refractivity contribution is 0.201. The Morgan fingerprint density at radius 3 is 2.52 bits per heavy atom. The van der Waals surface area contributed by atoms with E-state index in [1.165, 1.54) is 12.1 Å². The van der Waals surface area contributed by atoms with Gasteiger partial charge in [0, 0.05) is 11.1 Å². The van der Waals surface area contributed by atoms with Gasteiger partial charge in [0.2, 0.25) is 0 Å². The third-order valence-corrected chi connectivity index (χ3v) is 5.73. The molecular weight excluding hydrogens is 362 g/mol. The normalized spacial score (nSPS) is 15.1. The van der Waals surface area contributed by atoms with Gasteiger partial charge in [0.25, 0.3) is 10.0 Å². The number of nitrogens with one attached hydrogen (secondary N) is 1. The lowest BCUT2D eigenvalue weighted by Gasteiger charge is -2.17. The van der Waals surface area contributed by atoms with Gasteiger partial charge < -0.3 is 9.47 Å². The maximum Gasteiger partial charge on any atom is 0.261 e. The highest BCUT2D eigenvalue weighted by Crippen LogP contribution is 2.34. The van der Waals surface area contributed by atoms with Gasteiger partial charge in [-0.1, -0.05) is 17.7 Å². The third kappa shape index (κ3) is 4.38. The van der Waals surface area contributed by atoms with E-state index in [0.717, 1.165) is 25.7 Å². The van der Waals surface area contributed by atoms with Gasteiger partial charge in [-0.15, -0.1) is 0 Å². The van der Waals surface area contributed by atoms with E-state index in [1.54, 1.807) is 37.4 Å². The highest BCUT2D eigenvalue weighted by molar-refractivity contribution is 7.92. The van der Waals surface area contributed by atoms with Crippen molar-refractivity contribution < 1.29 is 17.9 Å². The van der Waals surface area contributed by atoms with Crippen molar-refractivity contribution in [2.24, 2.45) is 0 Å². The SMILES string of the molecule is COc1ccc(NS(=O)(=O)c2cccc(Cl)c2)cc1OC1CCCC1. The van der Waals surface area contributed by atoms with Crippen LogP contribution in [0.4, 0.5) is 5.69 Å². The molecular formula is C18H20ClNO4S. The Morgan fingerprint density at radius 2 is 1.84 bits per heavy atom. The maximum absolute atomic E-state index is 12.5. The zero-order valence-corrected chi connectivity index (χ0v) is 15.4. The molecule has 0 amide bonds. The second kappa shape index (κ2) is 7.54. The van der Waals surface area contributed by atoms with Crippen LogP contribution in [0, 0.1) is 0 Å². The molecule has 5 nitrogen and oxygen atoms in total. The zero-order chi connectivity index (χ0) is 17.9. The molecule has 0 heterocycles. The fraction of sp³-hybridized carbons (Fsp3) is 0.333. The summed E-state index contributed by atoms with van der Waals surface area (Å²) in [4.78, 5) is 0.106. The molecule has 134 valence electrons. The molecule has 1 aliphatic rings. The lowest BCUT2D eigenvalue weighted by Crippen LogP contribution is -2.14. The van der Waals surface area contributed by atoms with Crippen LogP contribution in [0.15, 0.2) is 47.4 Å². The molecule has 0 unspecified atom stereocenters. The fourth-order valence-corrected chi connectivity index (χ4v) is 4.22. The first-order chi connectivity index (χ1) is 12.0. The molecule has 2 aromatic carbocycles. The van der Waals surface area contributed by atoms with Crippen LogP contribution in [0.2, 0.25) is 5.02 Å². The van der Waals surface area contributed by atoms with E-state index in [9.17, 15) is 8.42 Å². The van der Waals surface area contributed by atoms with Crippen molar-refractivity contribution in [2.45, 2.75) is 36.7 Å². The van der Waals surface area contributed by atoms with Crippen LogP contribution in [-0.4, -0.2) is 21.6 Å². The summed E-state index contributed by atoms with van der Waals surface area (Å²) < 4.78 is 38.9. The topological polar surface area (TPSA) is 64.6 Å². The van der Waals surface area contributed by atoms with E-state index in [2.05, 4.69) is 4.72 Å². The summed E-state index contributed by atoms with van der Waals surface area (Å²) in [6.45, 7) is 0. The van der Waals surface area contributed by atoms with E-state index in [-0.39, 0.29) is 11.0 Å². The molecule has 0 aromatic heterocycles. The van der Waals surface area contributed by atoms with Gasteiger partial charge in [-0.3, -0.25) is 4.72 Å². The first kappa shape index (κ1) is 17.9. The summed E-state index contributed by atoms with van der Waals surface area (Å²) >= 11 is 5.89. The van der Waals surface area contributed by atoms with Crippen LogP contribution in [0.25, 0.3) is 0 Å². The summed E-state index contributed by atoms with van der Waals surface area (Å²) in [6, 6.07) is 11.1. The Hall–Kier alpha value is -1.92. The number of sulfonamides is 1. The minimum atomic E-state index is -3.73. The van der Waals surface area contributed by atoms with Gasteiger partial charge in [0.15, 0.2) is 11.5 Å². The minimum absolute atomic E-state index is 0.106. The van der Waals surface area contributed by atoms with Crippen molar-refractivity contribution in [2.75, 3.05) is 11.8 Å². The maximum atomic E-state index is 12.5. The summed E-state index contributed by atoms with van der Waals surface area (Å²) in [7, 11) is -2.17. The quantitative estimate of drug-likeness (QED) is 0.801. The average Bonchev–Trinajstić information content (AvgIpc) is 3.08. The van der Waals surface area contributed by atoms with Crippen LogP contribution in [-0.2, 0) is 10.0 Å². The molecule has 25 heavy (non-hydrogen) atoms. The first-order valence-corrected chi connectivity index (χ1v) is 9.97. The number of anilines is 1. The highest BCUT2D eigenvalue weighted by atomic mass is 35.5. The van der Waals surface area contributed by atoms with E-state index in [1.807, 2.05) is 0 Å². The number of hydrogen-bond donors (Lipinski definition) is 1. The van der Waals surface area contributed by atoms with E-state index >= 15 is 0 Å². The molecule has 3 rings (SSSR count). The molecule has 1 N–H and O–H groups in total. The van der Waals surface area contributed by atoms with Crippen molar-refractivity contribution in [3.63, 3.8) is 0 Å². The molecule has 0 atom stereocenters. The summed E-state index contributed by atoms with van der Waals surface area (Å²) in [5, 5.41) is 0.364. The van der Waals surface area contributed by atoms with Crippen molar-refractivity contribution in [1.82, 2.24) is 0 Å². The van der Waals surface area contributed by atoms with Crippen molar-refractivity contribution >= 4 is 27.3 Å². The molecule has 1 fully saturated rings. The molecule has 1 aliphatic carbocycles. The predicted octanol–water partition coefficient (Wildman–Crippen LogP) is 4.47. The number of benzene rings is 2. The minimum Gasteiger partial charge on any atom is -0.493 e. The van der Waals surface area contributed by atoms with Crippen molar-refractivity contribution in [3.8, 4) is 11.5 Å². The summed E-state index contributed by atoms with van der Waals surface area (Å²) in [6.07, 6.45) is 4.44. The van der Waals surface area contributed by atoms with Gasteiger partial charge in [-0.2, -0.15) is 0 Å². The van der Waals surface area contributed by atoms with Crippen molar-refractivity contribution in [3.05, 3.63) is 47.5 Å². The predicted molar refractivity (Wildman–Crippen MR) is 98.1 cm³/mol. The Morgan fingerprint density at radius 1 is 1.08 bits per heavy atom. The van der Waals surface area contributed by atoms with Crippen LogP contribution in [0.1, 0.15) is 25.7 Å². The second-order valence-electron chi connectivity index (χ2n) is 5.95. The van der Waals surface area contributed by atoms with Gasteiger partial charge in [-0.25, -0.2) is 8.42 Å². The largest absolute Gasteiger partial charge is 0.493 e. The molecule has 0 saturated heterocycles. The van der Waals surface area contributed by atoms with Gasteiger partial charge in [-0.05, 0) is 56.0 Å². The van der Waals surface area contributed by atoms with Crippen LogP contribution in [0.3, 0.4) is 0 Å². The number of rotatable bonds is 6. The van der Waals surface area contributed by atoms with E-state index < -0.39 is 10.0 Å². The monoisotopic (exact) mass is 381 g/mol.